The van der Waals surface area contributed by atoms with Crippen molar-refractivity contribution < 1.29 is 9.53 Å². The molecular formula is C24H33N3O2. The molecule has 0 atom stereocenters. The van der Waals surface area contributed by atoms with Crippen molar-refractivity contribution in [3.63, 3.8) is 0 Å². The first-order chi connectivity index (χ1) is 14.1. The number of nitrogens with zero attached hydrogens (tertiary/aromatic N) is 1. The van der Waals surface area contributed by atoms with Crippen LogP contribution in [0.4, 0.5) is 11.4 Å². The van der Waals surface area contributed by atoms with Crippen molar-refractivity contribution >= 4 is 17.3 Å². The topological polar surface area (TPSA) is 53.6 Å². The van der Waals surface area contributed by atoms with E-state index in [1.807, 2.05) is 30.3 Å². The standard InChI is InChI=1S/C24H33N3O2/c1-19-12-16-27(17-13-19)22-8-6-21(7-9-22)26-24(28)11-15-25-14-10-20-4-3-5-23(18-20)29-2/h3-9,18-19,25H,10-17H2,1-2H3,(H,26,28). The first kappa shape index (κ1) is 21.2. The first-order valence-corrected chi connectivity index (χ1v) is 10.6. The van der Waals surface area contributed by atoms with Crippen LogP contribution < -0.4 is 20.3 Å². The number of rotatable bonds is 9. The molecule has 3 rings (SSSR count). The maximum Gasteiger partial charge on any atom is 0.225 e. The highest BCUT2D eigenvalue weighted by molar-refractivity contribution is 5.91. The number of anilines is 2. The molecule has 0 unspecified atom stereocenters. The number of methoxy groups -OCH3 is 1. The van der Waals surface area contributed by atoms with E-state index in [4.69, 9.17) is 4.74 Å². The molecule has 0 saturated carbocycles. The van der Waals surface area contributed by atoms with Crippen LogP contribution in [0.15, 0.2) is 48.5 Å². The van der Waals surface area contributed by atoms with Gasteiger partial charge in [0.25, 0.3) is 0 Å². The second kappa shape index (κ2) is 10.9. The third kappa shape index (κ3) is 6.79. The van der Waals surface area contributed by atoms with Gasteiger partial charge in [-0.3, -0.25) is 4.79 Å². The largest absolute Gasteiger partial charge is 0.497 e. The lowest BCUT2D eigenvalue weighted by molar-refractivity contribution is -0.116. The normalized spacial score (nSPS) is 14.6. The molecule has 29 heavy (non-hydrogen) atoms. The summed E-state index contributed by atoms with van der Waals surface area (Å²) in [6.45, 7) is 6.07. The molecule has 0 radical (unpaired) electrons. The second-order valence-corrected chi connectivity index (χ2v) is 7.87. The van der Waals surface area contributed by atoms with Crippen molar-refractivity contribution in [1.29, 1.82) is 0 Å². The minimum atomic E-state index is 0.0402. The number of piperidine rings is 1. The number of carbonyl (C=O) groups excluding carboxylic acids is 1. The Morgan fingerprint density at radius 2 is 1.86 bits per heavy atom. The number of hydrogen-bond donors (Lipinski definition) is 2. The average Bonchev–Trinajstić information content (AvgIpc) is 2.75. The van der Waals surface area contributed by atoms with Gasteiger partial charge in [-0.1, -0.05) is 19.1 Å². The van der Waals surface area contributed by atoms with E-state index < -0.39 is 0 Å². The Kier molecular flexibility index (Phi) is 7.94. The lowest BCUT2D eigenvalue weighted by atomic mass is 9.99. The average molecular weight is 396 g/mol. The summed E-state index contributed by atoms with van der Waals surface area (Å²) in [4.78, 5) is 14.6. The fraction of sp³-hybridized carbons (Fsp3) is 0.458. The molecule has 0 bridgehead atoms. The minimum absolute atomic E-state index is 0.0402. The highest BCUT2D eigenvalue weighted by atomic mass is 16.5. The predicted molar refractivity (Wildman–Crippen MR) is 120 cm³/mol. The molecule has 2 aromatic rings. The summed E-state index contributed by atoms with van der Waals surface area (Å²) in [6, 6.07) is 16.3. The molecule has 0 aliphatic carbocycles. The Labute approximate surface area is 174 Å². The maximum atomic E-state index is 12.2. The molecule has 1 heterocycles. The van der Waals surface area contributed by atoms with Gasteiger partial charge in [-0.05, 0) is 73.7 Å². The predicted octanol–water partition coefficient (Wildman–Crippen LogP) is 4.09. The lowest BCUT2D eigenvalue weighted by Crippen LogP contribution is -2.32. The van der Waals surface area contributed by atoms with Crippen LogP contribution in [0.25, 0.3) is 0 Å². The van der Waals surface area contributed by atoms with Crippen molar-refractivity contribution in [2.75, 3.05) is 43.5 Å². The molecule has 2 aromatic carbocycles. The maximum absolute atomic E-state index is 12.2. The molecule has 1 saturated heterocycles. The van der Waals surface area contributed by atoms with Crippen molar-refractivity contribution in [1.82, 2.24) is 5.32 Å². The summed E-state index contributed by atoms with van der Waals surface area (Å²) in [5.74, 6) is 1.75. The van der Waals surface area contributed by atoms with Crippen LogP contribution in [0.5, 0.6) is 5.75 Å². The Morgan fingerprint density at radius 1 is 1.10 bits per heavy atom. The molecule has 0 spiro atoms. The van der Waals surface area contributed by atoms with Gasteiger partial charge in [0.1, 0.15) is 5.75 Å². The van der Waals surface area contributed by atoms with E-state index >= 15 is 0 Å². The van der Waals surface area contributed by atoms with E-state index in [9.17, 15) is 4.79 Å². The van der Waals surface area contributed by atoms with Gasteiger partial charge in [-0.25, -0.2) is 0 Å². The first-order valence-electron chi connectivity index (χ1n) is 10.6. The van der Waals surface area contributed by atoms with Gasteiger partial charge in [0.15, 0.2) is 0 Å². The number of carbonyl (C=O) groups is 1. The fourth-order valence-electron chi connectivity index (χ4n) is 3.63. The van der Waals surface area contributed by atoms with E-state index in [-0.39, 0.29) is 5.91 Å². The summed E-state index contributed by atoms with van der Waals surface area (Å²) in [5, 5.41) is 6.32. The SMILES string of the molecule is COc1cccc(CCNCCC(=O)Nc2ccc(N3CCC(C)CC3)cc2)c1. The molecule has 1 amide bonds. The molecule has 0 aromatic heterocycles. The Balaban J connectivity index is 1.34. The van der Waals surface area contributed by atoms with Crippen LogP contribution in [0, 0.1) is 5.92 Å². The number of hydrogen-bond acceptors (Lipinski definition) is 4. The molecule has 5 nitrogen and oxygen atoms in total. The molecule has 5 heteroatoms. The van der Waals surface area contributed by atoms with Crippen molar-refractivity contribution in [2.24, 2.45) is 5.92 Å². The minimum Gasteiger partial charge on any atom is -0.497 e. The molecule has 1 aliphatic heterocycles. The quantitative estimate of drug-likeness (QED) is 0.628. The van der Waals surface area contributed by atoms with E-state index in [0.717, 1.165) is 43.4 Å². The zero-order valence-electron chi connectivity index (χ0n) is 17.6. The van der Waals surface area contributed by atoms with Gasteiger partial charge in [-0.15, -0.1) is 0 Å². The smallest absolute Gasteiger partial charge is 0.225 e. The van der Waals surface area contributed by atoms with Gasteiger partial charge in [0.05, 0.1) is 7.11 Å². The summed E-state index contributed by atoms with van der Waals surface area (Å²) in [6.07, 6.45) is 3.88. The van der Waals surface area contributed by atoms with Crippen molar-refractivity contribution in [3.8, 4) is 5.75 Å². The second-order valence-electron chi connectivity index (χ2n) is 7.87. The van der Waals surface area contributed by atoms with E-state index in [1.165, 1.54) is 24.1 Å². The van der Waals surface area contributed by atoms with E-state index in [0.29, 0.717) is 13.0 Å². The summed E-state index contributed by atoms with van der Waals surface area (Å²) < 4.78 is 5.24. The van der Waals surface area contributed by atoms with Crippen LogP contribution in [0.1, 0.15) is 31.7 Å². The summed E-state index contributed by atoms with van der Waals surface area (Å²) in [7, 11) is 1.68. The molecule has 1 fully saturated rings. The van der Waals surface area contributed by atoms with Crippen molar-refractivity contribution in [2.45, 2.75) is 32.6 Å². The van der Waals surface area contributed by atoms with Gasteiger partial charge >= 0.3 is 0 Å². The van der Waals surface area contributed by atoms with E-state index in [2.05, 4.69) is 40.7 Å². The Hall–Kier alpha value is -2.53. The van der Waals surface area contributed by atoms with Gasteiger partial charge in [-0.2, -0.15) is 0 Å². The highest BCUT2D eigenvalue weighted by Crippen LogP contribution is 2.24. The monoisotopic (exact) mass is 395 g/mol. The number of amides is 1. The highest BCUT2D eigenvalue weighted by Gasteiger charge is 2.15. The lowest BCUT2D eigenvalue weighted by Gasteiger charge is -2.32. The molecule has 156 valence electrons. The number of benzene rings is 2. The van der Waals surface area contributed by atoms with Crippen LogP contribution in [0.3, 0.4) is 0 Å². The third-order valence-electron chi connectivity index (χ3n) is 5.55. The zero-order valence-corrected chi connectivity index (χ0v) is 17.6. The molecule has 2 N–H and O–H groups in total. The third-order valence-corrected chi connectivity index (χ3v) is 5.55. The molecular weight excluding hydrogens is 362 g/mol. The summed E-state index contributed by atoms with van der Waals surface area (Å²) >= 11 is 0. The van der Waals surface area contributed by atoms with Crippen LogP contribution in [-0.2, 0) is 11.2 Å². The summed E-state index contributed by atoms with van der Waals surface area (Å²) in [5.41, 5.74) is 3.33. The molecule has 1 aliphatic rings. The van der Waals surface area contributed by atoms with Crippen molar-refractivity contribution in [3.05, 3.63) is 54.1 Å². The zero-order chi connectivity index (χ0) is 20.5. The number of nitrogens with one attached hydrogen (secondary N) is 2. The van der Waals surface area contributed by atoms with Gasteiger partial charge < -0.3 is 20.3 Å². The number of ether oxygens (including phenoxy) is 1. The van der Waals surface area contributed by atoms with E-state index in [1.54, 1.807) is 7.11 Å². The van der Waals surface area contributed by atoms with Gasteiger partial charge in [0.2, 0.25) is 5.91 Å². The van der Waals surface area contributed by atoms with Crippen LogP contribution in [-0.4, -0.2) is 39.2 Å². The fourth-order valence-corrected chi connectivity index (χ4v) is 3.63. The Bertz CT molecular complexity index is 768. The Morgan fingerprint density at radius 3 is 2.59 bits per heavy atom. The van der Waals surface area contributed by atoms with Gasteiger partial charge in [0, 0.05) is 37.4 Å². The van der Waals surface area contributed by atoms with Crippen LogP contribution in [0.2, 0.25) is 0 Å². The van der Waals surface area contributed by atoms with Crippen LogP contribution >= 0.6 is 0 Å².